The summed E-state index contributed by atoms with van der Waals surface area (Å²) in [5.41, 5.74) is 0.723. The van der Waals surface area contributed by atoms with Crippen LogP contribution in [0.2, 0.25) is 0 Å². The first-order chi connectivity index (χ1) is 9.74. The number of rotatable bonds is 4. The summed E-state index contributed by atoms with van der Waals surface area (Å²) in [4.78, 5) is 16.1. The number of benzene rings is 1. The number of fused-ring (bicyclic) bond motifs is 1. The molecular weight excluding hydrogens is 248 g/mol. The van der Waals surface area contributed by atoms with Gasteiger partial charge in [-0.2, -0.15) is 0 Å². The van der Waals surface area contributed by atoms with Crippen LogP contribution in [0.3, 0.4) is 0 Å². The Kier molecular flexibility index (Phi) is 7.33. The van der Waals surface area contributed by atoms with E-state index in [4.69, 9.17) is 0 Å². The van der Waals surface area contributed by atoms with Crippen LogP contribution < -0.4 is 5.32 Å². The van der Waals surface area contributed by atoms with Crippen molar-refractivity contribution in [2.24, 2.45) is 0 Å². The summed E-state index contributed by atoms with van der Waals surface area (Å²) in [7, 11) is 0. The molecule has 0 saturated carbocycles. The number of amides is 1. The van der Waals surface area contributed by atoms with E-state index in [1.54, 1.807) is 12.4 Å². The molecule has 2 rings (SSSR count). The zero-order chi connectivity index (χ0) is 14.8. The third-order valence-electron chi connectivity index (χ3n) is 2.74. The largest absolute Gasteiger partial charge is 0.352 e. The Morgan fingerprint density at radius 3 is 2.65 bits per heavy atom. The molecule has 1 aromatic carbocycles. The number of hydrogen-bond acceptors (Lipinski definition) is 2. The second-order valence-corrected chi connectivity index (χ2v) is 4.72. The summed E-state index contributed by atoms with van der Waals surface area (Å²) < 4.78 is 0. The Morgan fingerprint density at radius 1 is 1.20 bits per heavy atom. The van der Waals surface area contributed by atoms with Gasteiger partial charge in [0, 0.05) is 29.9 Å². The van der Waals surface area contributed by atoms with E-state index in [1.807, 2.05) is 24.3 Å². The topological polar surface area (TPSA) is 42.0 Å². The SMILES string of the molecule is CCC.CCCCNC(=O)c1cccc2cnccc12. The van der Waals surface area contributed by atoms with Gasteiger partial charge in [0.05, 0.1) is 0 Å². The molecule has 1 amide bonds. The smallest absolute Gasteiger partial charge is 0.251 e. The summed E-state index contributed by atoms with van der Waals surface area (Å²) in [6.07, 6.45) is 6.83. The highest BCUT2D eigenvalue weighted by atomic mass is 16.1. The van der Waals surface area contributed by atoms with E-state index in [1.165, 1.54) is 6.42 Å². The van der Waals surface area contributed by atoms with Gasteiger partial charge in [0.2, 0.25) is 0 Å². The molecule has 108 valence electrons. The lowest BCUT2D eigenvalue weighted by Crippen LogP contribution is -2.24. The quantitative estimate of drug-likeness (QED) is 0.848. The van der Waals surface area contributed by atoms with Gasteiger partial charge in [-0.15, -0.1) is 0 Å². The maximum absolute atomic E-state index is 12.0. The van der Waals surface area contributed by atoms with E-state index in [2.05, 4.69) is 31.1 Å². The van der Waals surface area contributed by atoms with Gasteiger partial charge < -0.3 is 5.32 Å². The van der Waals surface area contributed by atoms with Crippen molar-refractivity contribution < 1.29 is 4.79 Å². The second-order valence-electron chi connectivity index (χ2n) is 4.72. The summed E-state index contributed by atoms with van der Waals surface area (Å²) in [6.45, 7) is 7.09. The van der Waals surface area contributed by atoms with Gasteiger partial charge in [-0.1, -0.05) is 45.7 Å². The number of pyridine rings is 1. The number of aromatic nitrogens is 1. The first-order valence-electron chi connectivity index (χ1n) is 7.35. The van der Waals surface area contributed by atoms with E-state index in [0.717, 1.165) is 35.7 Å². The minimum absolute atomic E-state index is 0.00440. The number of carbonyl (C=O) groups excluding carboxylic acids is 1. The van der Waals surface area contributed by atoms with Gasteiger partial charge in [0.1, 0.15) is 0 Å². The Labute approximate surface area is 121 Å². The minimum Gasteiger partial charge on any atom is -0.352 e. The molecule has 3 heteroatoms. The third kappa shape index (κ3) is 4.65. The van der Waals surface area contributed by atoms with Crippen LogP contribution in [-0.2, 0) is 0 Å². The van der Waals surface area contributed by atoms with E-state index in [-0.39, 0.29) is 5.91 Å². The van der Waals surface area contributed by atoms with Crippen LogP contribution >= 0.6 is 0 Å². The van der Waals surface area contributed by atoms with Crippen molar-refractivity contribution >= 4 is 16.7 Å². The van der Waals surface area contributed by atoms with Gasteiger partial charge in [-0.25, -0.2) is 0 Å². The van der Waals surface area contributed by atoms with Gasteiger partial charge in [-0.3, -0.25) is 9.78 Å². The molecule has 1 N–H and O–H groups in total. The average molecular weight is 272 g/mol. The molecule has 0 aliphatic carbocycles. The first-order valence-corrected chi connectivity index (χ1v) is 7.35. The fourth-order valence-corrected chi connectivity index (χ4v) is 1.79. The molecular formula is C17H24N2O. The van der Waals surface area contributed by atoms with Crippen molar-refractivity contribution in [3.05, 3.63) is 42.2 Å². The van der Waals surface area contributed by atoms with Crippen LogP contribution in [0.15, 0.2) is 36.7 Å². The first kappa shape index (κ1) is 16.2. The van der Waals surface area contributed by atoms with Crippen LogP contribution in [-0.4, -0.2) is 17.4 Å². The van der Waals surface area contributed by atoms with Crippen molar-refractivity contribution in [1.82, 2.24) is 10.3 Å². The summed E-state index contributed by atoms with van der Waals surface area (Å²) in [5.74, 6) is -0.00440. The second kappa shape index (κ2) is 9.08. The fraction of sp³-hybridized carbons (Fsp3) is 0.412. The molecule has 0 aliphatic rings. The zero-order valence-electron chi connectivity index (χ0n) is 12.6. The molecule has 1 heterocycles. The van der Waals surface area contributed by atoms with Crippen LogP contribution in [0.25, 0.3) is 10.8 Å². The predicted molar refractivity (Wildman–Crippen MR) is 84.9 cm³/mol. The molecule has 0 saturated heterocycles. The lowest BCUT2D eigenvalue weighted by atomic mass is 10.1. The fourth-order valence-electron chi connectivity index (χ4n) is 1.79. The summed E-state index contributed by atoms with van der Waals surface area (Å²) in [6, 6.07) is 7.58. The number of nitrogens with one attached hydrogen (secondary N) is 1. The average Bonchev–Trinajstić information content (AvgIpc) is 2.47. The van der Waals surface area contributed by atoms with Crippen molar-refractivity contribution in [2.45, 2.75) is 40.0 Å². The van der Waals surface area contributed by atoms with Gasteiger partial charge in [-0.05, 0) is 23.9 Å². The number of nitrogens with zero attached hydrogens (tertiary/aromatic N) is 1. The molecule has 0 fully saturated rings. The molecule has 0 aliphatic heterocycles. The number of carbonyl (C=O) groups is 1. The molecule has 0 spiro atoms. The van der Waals surface area contributed by atoms with Gasteiger partial charge in [0.15, 0.2) is 0 Å². The summed E-state index contributed by atoms with van der Waals surface area (Å²) in [5, 5.41) is 4.88. The van der Waals surface area contributed by atoms with Crippen molar-refractivity contribution in [2.75, 3.05) is 6.54 Å². The van der Waals surface area contributed by atoms with E-state index < -0.39 is 0 Å². The Bertz CT molecular complexity index is 532. The van der Waals surface area contributed by atoms with E-state index in [0.29, 0.717) is 0 Å². The molecule has 2 aromatic rings. The molecule has 1 aromatic heterocycles. The highest BCUT2D eigenvalue weighted by molar-refractivity contribution is 6.06. The van der Waals surface area contributed by atoms with E-state index in [9.17, 15) is 4.79 Å². The molecule has 0 radical (unpaired) electrons. The standard InChI is InChI=1S/C14H16N2O.C3H8/c1-2-3-8-16-14(17)13-6-4-5-11-10-15-9-7-12(11)13;1-3-2/h4-7,9-10H,2-3,8H2,1H3,(H,16,17);3H2,1-2H3. The number of unbranched alkanes of at least 4 members (excludes halogenated alkanes) is 1. The van der Waals surface area contributed by atoms with Crippen molar-refractivity contribution in [1.29, 1.82) is 0 Å². The normalized spacial score (nSPS) is 9.75. The lowest BCUT2D eigenvalue weighted by molar-refractivity contribution is 0.0955. The molecule has 0 atom stereocenters. The molecule has 20 heavy (non-hydrogen) atoms. The minimum atomic E-state index is -0.00440. The highest BCUT2D eigenvalue weighted by Gasteiger charge is 2.08. The van der Waals surface area contributed by atoms with Crippen molar-refractivity contribution in [3.8, 4) is 0 Å². The zero-order valence-corrected chi connectivity index (χ0v) is 12.6. The van der Waals surface area contributed by atoms with Gasteiger partial charge in [0.25, 0.3) is 5.91 Å². The Morgan fingerprint density at radius 2 is 1.95 bits per heavy atom. The predicted octanol–water partition coefficient (Wildman–Crippen LogP) is 4.18. The maximum atomic E-state index is 12.0. The third-order valence-corrected chi connectivity index (χ3v) is 2.74. The number of hydrogen-bond donors (Lipinski definition) is 1. The summed E-state index contributed by atoms with van der Waals surface area (Å²) >= 11 is 0. The maximum Gasteiger partial charge on any atom is 0.251 e. The van der Waals surface area contributed by atoms with Crippen LogP contribution in [0, 0.1) is 0 Å². The van der Waals surface area contributed by atoms with Crippen LogP contribution in [0.4, 0.5) is 0 Å². The van der Waals surface area contributed by atoms with Crippen molar-refractivity contribution in [3.63, 3.8) is 0 Å². The molecule has 0 bridgehead atoms. The van der Waals surface area contributed by atoms with Crippen LogP contribution in [0.1, 0.15) is 50.4 Å². The molecule has 3 nitrogen and oxygen atoms in total. The van der Waals surface area contributed by atoms with Crippen LogP contribution in [0.5, 0.6) is 0 Å². The Hall–Kier alpha value is -1.90. The highest BCUT2D eigenvalue weighted by Crippen LogP contribution is 2.17. The Balaban J connectivity index is 0.000000612. The lowest BCUT2D eigenvalue weighted by Gasteiger charge is -2.07. The monoisotopic (exact) mass is 272 g/mol. The van der Waals surface area contributed by atoms with Gasteiger partial charge >= 0.3 is 0 Å². The molecule has 0 unspecified atom stereocenters. The van der Waals surface area contributed by atoms with E-state index >= 15 is 0 Å².